The van der Waals surface area contributed by atoms with Crippen LogP contribution in [0.25, 0.3) is 0 Å². The summed E-state index contributed by atoms with van der Waals surface area (Å²) in [7, 11) is -4.27. The minimum Gasteiger partial charge on any atom is -0.353 e. The molecule has 116 valence electrons. The molecule has 0 aromatic rings. The van der Waals surface area contributed by atoms with Crippen LogP contribution in [0.15, 0.2) is 0 Å². The van der Waals surface area contributed by atoms with Crippen molar-refractivity contribution in [2.45, 2.75) is 58.9 Å². The quantitative estimate of drug-likeness (QED) is 0.406. The van der Waals surface area contributed by atoms with E-state index in [1.54, 1.807) is 13.8 Å². The SMILES string of the molecule is CCC(C=O)(CC)P(=O)(O)O.CCOC(C)OCC. The van der Waals surface area contributed by atoms with Crippen LogP contribution >= 0.6 is 7.60 Å². The van der Waals surface area contributed by atoms with E-state index >= 15 is 0 Å². The van der Waals surface area contributed by atoms with E-state index in [1.807, 2.05) is 20.8 Å². The van der Waals surface area contributed by atoms with E-state index in [2.05, 4.69) is 0 Å². The van der Waals surface area contributed by atoms with Crippen LogP contribution in [0.3, 0.4) is 0 Å². The van der Waals surface area contributed by atoms with Crippen molar-refractivity contribution in [3.63, 3.8) is 0 Å². The van der Waals surface area contributed by atoms with E-state index in [-0.39, 0.29) is 19.1 Å². The summed E-state index contributed by atoms with van der Waals surface area (Å²) in [6.07, 6.45) is 0.687. The normalized spacial score (nSPS) is 12.0. The molecule has 0 radical (unpaired) electrons. The van der Waals surface area contributed by atoms with Gasteiger partial charge in [-0.25, -0.2) is 0 Å². The van der Waals surface area contributed by atoms with Crippen LogP contribution in [0.2, 0.25) is 0 Å². The zero-order chi connectivity index (χ0) is 15.5. The van der Waals surface area contributed by atoms with Gasteiger partial charge in [0.15, 0.2) is 6.29 Å². The maximum atomic E-state index is 10.8. The van der Waals surface area contributed by atoms with Crippen LogP contribution in [0.5, 0.6) is 0 Å². The molecule has 0 saturated heterocycles. The van der Waals surface area contributed by atoms with Gasteiger partial charge in [-0.2, -0.15) is 0 Å². The Kier molecular flexibility index (Phi) is 11.7. The average Bonchev–Trinajstić information content (AvgIpc) is 2.31. The van der Waals surface area contributed by atoms with Crippen molar-refractivity contribution in [3.05, 3.63) is 0 Å². The number of rotatable bonds is 8. The van der Waals surface area contributed by atoms with Crippen molar-refractivity contribution in [1.82, 2.24) is 0 Å². The smallest absolute Gasteiger partial charge is 0.338 e. The summed E-state index contributed by atoms with van der Waals surface area (Å²) >= 11 is 0. The van der Waals surface area contributed by atoms with Gasteiger partial charge in [0.05, 0.1) is 0 Å². The first-order valence-corrected chi connectivity index (χ1v) is 8.10. The minimum atomic E-state index is -4.27. The summed E-state index contributed by atoms with van der Waals surface area (Å²) in [6.45, 7) is 10.4. The van der Waals surface area contributed by atoms with Crippen molar-refractivity contribution in [2.24, 2.45) is 0 Å². The lowest BCUT2D eigenvalue weighted by Gasteiger charge is -2.25. The number of carbonyl (C=O) groups excluding carboxylic acids is 1. The van der Waals surface area contributed by atoms with Gasteiger partial charge < -0.3 is 24.1 Å². The van der Waals surface area contributed by atoms with Crippen LogP contribution in [0.4, 0.5) is 0 Å². The van der Waals surface area contributed by atoms with Crippen molar-refractivity contribution >= 4 is 13.9 Å². The first kappa shape index (κ1) is 21.0. The maximum Gasteiger partial charge on any atom is 0.338 e. The van der Waals surface area contributed by atoms with Crippen molar-refractivity contribution in [3.8, 4) is 0 Å². The molecular formula is C12H27O6P. The fraction of sp³-hybridized carbons (Fsp3) is 0.917. The third-order valence-electron chi connectivity index (χ3n) is 2.83. The average molecular weight is 298 g/mol. The Balaban J connectivity index is 0. The molecule has 2 N–H and O–H groups in total. The predicted molar refractivity (Wildman–Crippen MR) is 74.1 cm³/mol. The molecule has 0 spiro atoms. The Labute approximate surface area is 115 Å². The van der Waals surface area contributed by atoms with Crippen molar-refractivity contribution in [1.29, 1.82) is 0 Å². The third kappa shape index (κ3) is 7.80. The molecule has 0 bridgehead atoms. The highest BCUT2D eigenvalue weighted by molar-refractivity contribution is 7.54. The number of hydrogen-bond acceptors (Lipinski definition) is 4. The summed E-state index contributed by atoms with van der Waals surface area (Å²) in [6, 6.07) is 0. The fourth-order valence-corrected chi connectivity index (χ4v) is 2.38. The molecule has 0 rings (SSSR count). The van der Waals surface area contributed by atoms with Crippen molar-refractivity contribution < 1.29 is 28.6 Å². The molecule has 0 aliphatic heterocycles. The van der Waals surface area contributed by atoms with Crippen LogP contribution in [0, 0.1) is 0 Å². The molecule has 0 amide bonds. The second kappa shape index (κ2) is 10.5. The lowest BCUT2D eigenvalue weighted by molar-refractivity contribution is -0.123. The van der Waals surface area contributed by atoms with Crippen molar-refractivity contribution in [2.75, 3.05) is 13.2 Å². The first-order chi connectivity index (χ1) is 8.74. The Hall–Kier alpha value is -0.260. The van der Waals surface area contributed by atoms with Gasteiger partial charge in [-0.15, -0.1) is 0 Å². The largest absolute Gasteiger partial charge is 0.353 e. The zero-order valence-corrected chi connectivity index (χ0v) is 13.4. The lowest BCUT2D eigenvalue weighted by atomic mass is 10.1. The highest BCUT2D eigenvalue weighted by Crippen LogP contribution is 2.52. The van der Waals surface area contributed by atoms with Gasteiger partial charge in [0.1, 0.15) is 11.4 Å². The van der Waals surface area contributed by atoms with E-state index in [4.69, 9.17) is 19.3 Å². The molecular weight excluding hydrogens is 271 g/mol. The molecule has 0 aromatic heterocycles. The predicted octanol–water partition coefficient (Wildman–Crippen LogP) is 2.33. The summed E-state index contributed by atoms with van der Waals surface area (Å²) in [5.74, 6) is 0. The lowest BCUT2D eigenvalue weighted by Crippen LogP contribution is -2.28. The van der Waals surface area contributed by atoms with Gasteiger partial charge in [0.25, 0.3) is 0 Å². The van der Waals surface area contributed by atoms with Gasteiger partial charge in [-0.1, -0.05) is 13.8 Å². The second-order valence-corrected chi connectivity index (χ2v) is 5.93. The fourth-order valence-electron chi connectivity index (χ4n) is 1.41. The molecule has 0 atom stereocenters. The summed E-state index contributed by atoms with van der Waals surface area (Å²) < 4.78 is 20.9. The highest BCUT2D eigenvalue weighted by atomic mass is 31.2. The van der Waals surface area contributed by atoms with Gasteiger partial charge in [-0.05, 0) is 33.6 Å². The van der Waals surface area contributed by atoms with Gasteiger partial charge in [0, 0.05) is 13.2 Å². The number of ether oxygens (including phenoxy) is 2. The molecule has 0 aliphatic carbocycles. The third-order valence-corrected chi connectivity index (χ3v) is 4.72. The Morgan fingerprint density at radius 3 is 1.58 bits per heavy atom. The van der Waals surface area contributed by atoms with E-state index in [0.717, 1.165) is 13.2 Å². The molecule has 6 nitrogen and oxygen atoms in total. The second-order valence-electron chi connectivity index (χ2n) is 3.95. The van der Waals surface area contributed by atoms with Gasteiger partial charge in [-0.3, -0.25) is 4.57 Å². The van der Waals surface area contributed by atoms with Gasteiger partial charge in [0.2, 0.25) is 0 Å². The molecule has 0 unspecified atom stereocenters. The molecule has 19 heavy (non-hydrogen) atoms. The zero-order valence-electron chi connectivity index (χ0n) is 12.5. The van der Waals surface area contributed by atoms with Crippen LogP contribution in [-0.4, -0.2) is 40.7 Å². The molecule has 0 heterocycles. The van der Waals surface area contributed by atoms with Crippen LogP contribution in [-0.2, 0) is 18.8 Å². The summed E-state index contributed by atoms with van der Waals surface area (Å²) in [5.41, 5.74) is 0. The summed E-state index contributed by atoms with van der Waals surface area (Å²) in [5, 5.41) is -1.45. The molecule has 0 aromatic carbocycles. The standard InChI is InChI=1S/C6H13O4P.C6H14O2/c1-3-6(4-2,5-7)11(8,9)10;1-4-7-6(3)8-5-2/h5H,3-4H2,1-2H3,(H2,8,9,10);6H,4-5H2,1-3H3. The Bertz CT molecular complexity index is 265. The molecule has 0 fully saturated rings. The summed E-state index contributed by atoms with van der Waals surface area (Å²) in [4.78, 5) is 28.1. The van der Waals surface area contributed by atoms with E-state index in [0.29, 0.717) is 6.29 Å². The Morgan fingerprint density at radius 2 is 1.47 bits per heavy atom. The molecule has 0 aliphatic rings. The number of carbonyl (C=O) groups is 1. The van der Waals surface area contributed by atoms with E-state index < -0.39 is 12.8 Å². The number of hydrogen-bond donors (Lipinski definition) is 2. The Morgan fingerprint density at radius 1 is 1.11 bits per heavy atom. The first-order valence-electron chi connectivity index (χ1n) is 6.49. The topological polar surface area (TPSA) is 93.1 Å². The van der Waals surface area contributed by atoms with E-state index in [1.165, 1.54) is 0 Å². The van der Waals surface area contributed by atoms with Crippen LogP contribution < -0.4 is 0 Å². The van der Waals surface area contributed by atoms with Gasteiger partial charge >= 0.3 is 7.60 Å². The van der Waals surface area contributed by atoms with E-state index in [9.17, 15) is 9.36 Å². The monoisotopic (exact) mass is 298 g/mol. The highest BCUT2D eigenvalue weighted by Gasteiger charge is 2.43. The molecule has 7 heteroatoms. The minimum absolute atomic E-state index is 0.0370. The maximum absolute atomic E-state index is 10.8. The number of aldehydes is 1. The molecule has 0 saturated carbocycles. The van der Waals surface area contributed by atoms with Crippen LogP contribution in [0.1, 0.15) is 47.5 Å².